The molecule has 3 rings (SSSR count). The molecular formula is C17H14N6O8. The molecule has 0 fully saturated rings. The molecule has 2 aromatic heterocycles. The van der Waals surface area contributed by atoms with Gasteiger partial charge in [-0.3, -0.25) is 29.8 Å². The van der Waals surface area contributed by atoms with E-state index >= 15 is 0 Å². The quantitative estimate of drug-likeness (QED) is 0.342. The molecule has 0 aliphatic carbocycles. The Morgan fingerprint density at radius 3 is 1.87 bits per heavy atom. The van der Waals surface area contributed by atoms with Gasteiger partial charge in [-0.1, -0.05) is 36.4 Å². The Kier molecular flexibility index (Phi) is 6.90. The summed E-state index contributed by atoms with van der Waals surface area (Å²) >= 11 is 0. The molecule has 0 spiro atoms. The van der Waals surface area contributed by atoms with Crippen LogP contribution >= 0.6 is 0 Å². The third kappa shape index (κ3) is 5.80. The first kappa shape index (κ1) is 22.4. The molecular weight excluding hydrogens is 416 g/mol. The van der Waals surface area contributed by atoms with Gasteiger partial charge in [0.15, 0.2) is 0 Å². The lowest BCUT2D eigenvalue weighted by molar-refractivity contribution is -0.387. The molecule has 0 amide bonds. The molecule has 1 aromatic carbocycles. The first-order chi connectivity index (χ1) is 14.6. The fraction of sp³-hybridized carbons (Fsp3) is 0.0588. The van der Waals surface area contributed by atoms with E-state index < -0.39 is 44.1 Å². The zero-order valence-corrected chi connectivity index (χ0v) is 15.7. The molecule has 0 aliphatic rings. The lowest BCUT2D eigenvalue weighted by Crippen LogP contribution is -2.14. The summed E-state index contributed by atoms with van der Waals surface area (Å²) in [5.41, 5.74) is -2.98. The Balaban J connectivity index is 0.000000245. The summed E-state index contributed by atoms with van der Waals surface area (Å²) in [7, 11) is 0. The Labute approximate surface area is 171 Å². The van der Waals surface area contributed by atoms with Crippen molar-refractivity contribution in [3.8, 4) is 11.8 Å². The topological polar surface area (TPSA) is 218 Å². The van der Waals surface area contributed by atoms with Gasteiger partial charge in [0, 0.05) is 0 Å². The SMILES string of the molecule is Cc1nc(O)c([N+](=O)[O-])c(=O)[nH]1.O=c1[nH]c(/C=C/c2ccccc2)nc(O)c1[N+](=O)[O-]. The fourth-order valence-corrected chi connectivity index (χ4v) is 2.18. The van der Waals surface area contributed by atoms with E-state index in [9.17, 15) is 34.9 Å². The molecule has 14 nitrogen and oxygen atoms in total. The monoisotopic (exact) mass is 430 g/mol. The van der Waals surface area contributed by atoms with E-state index in [2.05, 4.69) is 19.9 Å². The third-order valence-electron chi connectivity index (χ3n) is 3.49. The van der Waals surface area contributed by atoms with Crippen LogP contribution in [0, 0.1) is 27.2 Å². The van der Waals surface area contributed by atoms with Crippen molar-refractivity contribution < 1.29 is 20.1 Å². The molecule has 0 unspecified atom stereocenters. The minimum absolute atomic E-state index is 0.0388. The number of nitro groups is 2. The largest absolute Gasteiger partial charge is 0.488 e. The number of aryl methyl sites for hydroxylation is 1. The molecule has 3 aromatic rings. The van der Waals surface area contributed by atoms with Crippen LogP contribution in [0.4, 0.5) is 11.4 Å². The molecule has 0 atom stereocenters. The maximum Gasteiger partial charge on any atom is 0.395 e. The number of aromatic amines is 2. The molecule has 0 saturated heterocycles. The average molecular weight is 430 g/mol. The van der Waals surface area contributed by atoms with Crippen molar-refractivity contribution in [1.82, 2.24) is 19.9 Å². The number of hydrogen-bond acceptors (Lipinski definition) is 10. The van der Waals surface area contributed by atoms with Gasteiger partial charge in [0.2, 0.25) is 0 Å². The highest BCUT2D eigenvalue weighted by molar-refractivity contribution is 5.66. The molecule has 0 radical (unpaired) electrons. The summed E-state index contributed by atoms with van der Waals surface area (Å²) in [6.07, 6.45) is 3.10. The third-order valence-corrected chi connectivity index (χ3v) is 3.49. The first-order valence-corrected chi connectivity index (χ1v) is 8.25. The smallest absolute Gasteiger partial charge is 0.395 e. The van der Waals surface area contributed by atoms with Crippen molar-refractivity contribution in [3.63, 3.8) is 0 Å². The zero-order chi connectivity index (χ0) is 23.1. The van der Waals surface area contributed by atoms with E-state index in [-0.39, 0.29) is 11.6 Å². The van der Waals surface area contributed by atoms with Gasteiger partial charge in [0.05, 0.1) is 9.85 Å². The summed E-state index contributed by atoms with van der Waals surface area (Å²) in [5.74, 6) is -1.59. The normalized spacial score (nSPS) is 10.4. The van der Waals surface area contributed by atoms with E-state index in [1.54, 1.807) is 6.08 Å². The molecule has 0 aliphatic heterocycles. The van der Waals surface area contributed by atoms with Crippen molar-refractivity contribution in [2.24, 2.45) is 0 Å². The number of H-pyrrole nitrogens is 2. The van der Waals surface area contributed by atoms with Crippen molar-refractivity contribution in [2.45, 2.75) is 6.92 Å². The van der Waals surface area contributed by atoms with Gasteiger partial charge in [-0.05, 0) is 18.6 Å². The van der Waals surface area contributed by atoms with Crippen LogP contribution in [0.5, 0.6) is 11.8 Å². The van der Waals surface area contributed by atoms with Crippen LogP contribution in [0.2, 0.25) is 0 Å². The number of benzene rings is 1. The molecule has 0 bridgehead atoms. The second-order valence-corrected chi connectivity index (χ2v) is 5.71. The van der Waals surface area contributed by atoms with Gasteiger partial charge < -0.3 is 20.2 Å². The van der Waals surface area contributed by atoms with E-state index in [4.69, 9.17) is 5.11 Å². The molecule has 4 N–H and O–H groups in total. The lowest BCUT2D eigenvalue weighted by atomic mass is 10.2. The van der Waals surface area contributed by atoms with E-state index in [0.717, 1.165) is 5.56 Å². The molecule has 31 heavy (non-hydrogen) atoms. The number of aromatic nitrogens is 4. The van der Waals surface area contributed by atoms with Gasteiger partial charge in [-0.15, -0.1) is 0 Å². The molecule has 14 heteroatoms. The number of nitrogens with zero attached hydrogens (tertiary/aromatic N) is 4. The van der Waals surface area contributed by atoms with Crippen LogP contribution < -0.4 is 11.1 Å². The Morgan fingerprint density at radius 1 is 0.871 bits per heavy atom. The van der Waals surface area contributed by atoms with Gasteiger partial charge in [0.1, 0.15) is 11.6 Å². The average Bonchev–Trinajstić information content (AvgIpc) is 2.65. The van der Waals surface area contributed by atoms with Gasteiger partial charge in [-0.2, -0.15) is 9.97 Å². The Hall–Kier alpha value is -4.88. The molecule has 0 saturated carbocycles. The lowest BCUT2D eigenvalue weighted by Gasteiger charge is -1.97. The Morgan fingerprint density at radius 2 is 1.39 bits per heavy atom. The Bertz CT molecular complexity index is 1270. The minimum atomic E-state index is -0.995. The number of aromatic hydroxyl groups is 2. The summed E-state index contributed by atoms with van der Waals surface area (Å²) in [6.45, 7) is 1.41. The van der Waals surface area contributed by atoms with Crippen LogP contribution in [0.15, 0.2) is 39.9 Å². The molecule has 160 valence electrons. The number of rotatable bonds is 4. The van der Waals surface area contributed by atoms with Crippen molar-refractivity contribution in [1.29, 1.82) is 0 Å². The second kappa shape index (κ2) is 9.55. The number of hydrogen-bond donors (Lipinski definition) is 4. The minimum Gasteiger partial charge on any atom is -0.488 e. The highest BCUT2D eigenvalue weighted by atomic mass is 16.6. The second-order valence-electron chi connectivity index (χ2n) is 5.71. The van der Waals surface area contributed by atoms with Gasteiger partial charge >= 0.3 is 22.5 Å². The van der Waals surface area contributed by atoms with Crippen LogP contribution in [0.1, 0.15) is 17.2 Å². The van der Waals surface area contributed by atoms with Crippen molar-refractivity contribution in [2.75, 3.05) is 0 Å². The zero-order valence-electron chi connectivity index (χ0n) is 15.7. The fourth-order valence-electron chi connectivity index (χ4n) is 2.18. The maximum atomic E-state index is 11.4. The van der Waals surface area contributed by atoms with Crippen LogP contribution in [-0.4, -0.2) is 40.0 Å². The van der Waals surface area contributed by atoms with Crippen molar-refractivity contribution >= 4 is 23.5 Å². The highest BCUT2D eigenvalue weighted by Gasteiger charge is 2.21. The molecule has 2 heterocycles. The standard InChI is InChI=1S/C12H9N3O4.C5H5N3O4/c16-11-10(15(18)19)12(17)14-9(13-11)7-6-8-4-2-1-3-5-8;1-2-6-4(9)3(8(11)12)5(10)7-2/h1-7H,(H2,13,14,16,17);1H3,(H2,6,7,9,10)/b7-6+;. The summed E-state index contributed by atoms with van der Waals surface area (Å²) < 4.78 is 0. The van der Waals surface area contributed by atoms with E-state index in [1.165, 1.54) is 13.0 Å². The van der Waals surface area contributed by atoms with Crippen molar-refractivity contribution in [3.05, 3.63) is 88.5 Å². The highest BCUT2D eigenvalue weighted by Crippen LogP contribution is 2.17. The van der Waals surface area contributed by atoms with Gasteiger partial charge in [-0.25, -0.2) is 0 Å². The van der Waals surface area contributed by atoms with Crippen LogP contribution in [-0.2, 0) is 0 Å². The van der Waals surface area contributed by atoms with Crippen LogP contribution in [0.25, 0.3) is 12.2 Å². The van der Waals surface area contributed by atoms with Gasteiger partial charge in [0.25, 0.3) is 11.8 Å². The van der Waals surface area contributed by atoms with Crippen LogP contribution in [0.3, 0.4) is 0 Å². The predicted octanol–water partition coefficient (Wildman–Crippen LogP) is 1.25. The summed E-state index contributed by atoms with van der Waals surface area (Å²) in [6, 6.07) is 9.20. The van der Waals surface area contributed by atoms with E-state index in [1.807, 2.05) is 30.3 Å². The maximum absolute atomic E-state index is 11.4. The first-order valence-electron chi connectivity index (χ1n) is 8.25. The summed E-state index contributed by atoms with van der Waals surface area (Å²) in [5, 5.41) is 38.8. The van der Waals surface area contributed by atoms with E-state index in [0.29, 0.717) is 0 Å². The predicted molar refractivity (Wildman–Crippen MR) is 106 cm³/mol. The summed E-state index contributed by atoms with van der Waals surface area (Å²) in [4.78, 5) is 52.0. The number of nitrogens with one attached hydrogen (secondary N) is 2.